The number of hydrogen-bond donors (Lipinski definition) is 0. The number of hydrogen-bond acceptors (Lipinski definition) is 4. The molecule has 1 aliphatic carbocycles. The van der Waals surface area contributed by atoms with Crippen molar-refractivity contribution < 1.29 is 8.83 Å². The third-order valence-electron chi connectivity index (χ3n) is 15.3. The van der Waals surface area contributed by atoms with E-state index in [1.807, 2.05) is 19.9 Å². The maximum atomic E-state index is 7.43. The number of nitrogens with zero attached hydrogens (tertiary/aromatic N) is 3. The molecule has 0 aliphatic heterocycles. The molecule has 296 valence electrons. The Morgan fingerprint density at radius 2 is 0.840 bits per heavy atom. The van der Waals surface area contributed by atoms with E-state index in [0.29, 0.717) is 66.2 Å². The fraction of sp³-hybridized carbons (Fsp3) is 0.0612. The van der Waals surface area contributed by atoms with Gasteiger partial charge in [-0.3, -0.25) is 0 Å². The van der Waals surface area contributed by atoms with Crippen molar-refractivity contribution in [3.63, 3.8) is 0 Å². The van der Waals surface area contributed by atoms with Crippen LogP contribution in [0, 0.1) is 0 Å². The van der Waals surface area contributed by atoms with Crippen molar-refractivity contribution in [3.8, 4) is 39.2 Å². The Morgan fingerprint density at radius 3 is 1.51 bits per heavy atom. The van der Waals surface area contributed by atoms with Crippen LogP contribution in [0.25, 0.3) is 105 Å². The molecule has 0 saturated carbocycles. The van der Waals surface area contributed by atoms with Gasteiger partial charge in [-0.2, -0.15) is 0 Å². The maximum absolute atomic E-state index is 7.43. The van der Waals surface area contributed by atoms with Gasteiger partial charge in [0.05, 0.1) is 0 Å². The first-order chi connectivity index (χ1) is 35.3. The van der Waals surface area contributed by atoms with E-state index in [-0.39, 0.29) is 165 Å². The first kappa shape index (κ1) is 50.2. The highest BCUT2D eigenvalue weighted by Crippen LogP contribution is 2.47. The predicted molar refractivity (Wildman–Crippen MR) is 333 cm³/mol. The number of rotatable bonds is 3. The molecule has 5 nitrogen and oxygen atoms in total. The molecule has 7 aromatic carbocycles. The Labute approximate surface area is 459 Å². The van der Waals surface area contributed by atoms with Gasteiger partial charge in [0.25, 0.3) is 0 Å². The van der Waals surface area contributed by atoms with Crippen LogP contribution in [0.1, 0.15) is 25.0 Å². The molecule has 0 atom stereocenters. The second-order valence-corrected chi connectivity index (χ2v) is 19.4. The average Bonchev–Trinajstić information content (AvgIpc) is 4.16. The number of fused-ring (bicyclic) bond motifs is 12. The zero-order chi connectivity index (χ0) is 54.0. The number of benzene rings is 7. The van der Waals surface area contributed by atoms with Gasteiger partial charge in [0, 0.05) is 49.2 Å². The summed E-state index contributed by atoms with van der Waals surface area (Å²) in [6, 6.07) is 5.30. The van der Waals surface area contributed by atoms with Gasteiger partial charge in [-0.25, -0.2) is 9.97 Å². The zero-order valence-corrected chi connectivity index (χ0v) is 40.1. The van der Waals surface area contributed by atoms with Gasteiger partial charge < -0.3 is 13.4 Å². The molecule has 1 aliphatic rings. The van der Waals surface area contributed by atoms with E-state index >= 15 is 0 Å². The summed E-state index contributed by atoms with van der Waals surface area (Å²) in [5.41, 5.74) is 4.85. The van der Waals surface area contributed by atoms with Crippen LogP contribution in [0.3, 0.4) is 0 Å². The fourth-order valence-electron chi connectivity index (χ4n) is 11.6. The number of furan rings is 2. The first-order valence-electron chi connectivity index (χ1n) is 22.8. The summed E-state index contributed by atoms with van der Waals surface area (Å²) in [5.74, 6) is 0. The molecular weight excluding hydrogens is 890 g/mol. The Hall–Kier alpha value is -5.62. The fourth-order valence-corrected chi connectivity index (χ4v) is 11.6. The largest absolute Gasteiger partial charge is 0.456 e. The van der Waals surface area contributed by atoms with Gasteiger partial charge in [0.2, 0.25) is 0 Å². The van der Waals surface area contributed by atoms with E-state index in [1.54, 1.807) is 16.7 Å². The van der Waals surface area contributed by atoms with Crippen molar-refractivity contribution in [1.29, 1.82) is 0 Å². The molecule has 26 heteroatoms. The second-order valence-electron chi connectivity index (χ2n) is 19.4. The van der Waals surface area contributed by atoms with E-state index in [4.69, 9.17) is 179 Å². The van der Waals surface area contributed by atoms with Crippen LogP contribution in [0.4, 0.5) is 0 Å². The second kappa shape index (κ2) is 16.5. The van der Waals surface area contributed by atoms with Crippen molar-refractivity contribution in [2.45, 2.75) is 19.3 Å². The van der Waals surface area contributed by atoms with Crippen LogP contribution in [0.2, 0.25) is 0 Å². The Bertz CT molecular complexity index is 4590. The van der Waals surface area contributed by atoms with Crippen molar-refractivity contribution in [2.75, 3.05) is 0 Å². The predicted octanol–water partition coefficient (Wildman–Crippen LogP) is -12.3. The maximum Gasteiger partial charge on any atom is 0.180 e. The van der Waals surface area contributed by atoms with Crippen molar-refractivity contribution >= 4 is 345 Å². The van der Waals surface area contributed by atoms with E-state index < -0.39 is 5.41 Å². The molecule has 0 unspecified atom stereocenters. The van der Waals surface area contributed by atoms with Crippen molar-refractivity contribution in [2.24, 2.45) is 0 Å². The zero-order valence-electron chi connectivity index (χ0n) is 40.1. The molecule has 0 fully saturated rings. The normalized spacial score (nSPS) is 13.1. The molecule has 0 N–H and O–H groups in total. The van der Waals surface area contributed by atoms with Crippen LogP contribution in [-0.2, 0) is 5.41 Å². The molecule has 0 saturated heterocycles. The average molecular weight is 900 g/mol. The topological polar surface area (TPSA) is 57.0 Å². The van der Waals surface area contributed by atoms with Crippen LogP contribution in [0.5, 0.6) is 0 Å². The van der Waals surface area contributed by atoms with Crippen LogP contribution < -0.4 is 115 Å². The van der Waals surface area contributed by atoms with E-state index in [0.717, 1.165) is 0 Å². The molecule has 4 aromatic heterocycles. The Morgan fingerprint density at radius 1 is 0.373 bits per heavy atom. The van der Waals surface area contributed by atoms with Gasteiger partial charge in [0.1, 0.15) is 199 Å². The minimum absolute atomic E-state index is 0.00327. The van der Waals surface area contributed by atoms with Gasteiger partial charge in [-0.1, -0.05) is 84.9 Å². The molecule has 75 heavy (non-hydrogen) atoms. The van der Waals surface area contributed by atoms with E-state index in [2.05, 4.69) is 4.98 Å². The third-order valence-corrected chi connectivity index (χ3v) is 15.3. The van der Waals surface area contributed by atoms with Gasteiger partial charge in [-0.15, -0.1) is 43.7 Å². The monoisotopic (exact) mass is 903 g/mol. The molecule has 0 bridgehead atoms. The Balaban J connectivity index is 1.13. The highest BCUT2D eigenvalue weighted by atomic mass is 16.3. The molecule has 4 heterocycles. The van der Waals surface area contributed by atoms with E-state index in [1.165, 1.54) is 6.33 Å². The summed E-state index contributed by atoms with van der Waals surface area (Å²) >= 11 is 0. The lowest BCUT2D eigenvalue weighted by Crippen LogP contribution is -2.51. The standard InChI is InChI=1S/C49H10B21N3O2/c1-49(2)19-11(23(52)34(63)37(66)30(19)59)10-20(49)31(60)44-13(21(10)50)14-25(54)35(64)38(67)40(69)45(14)73(44)7-3-4-9-8(5-7)42-48(74-9)43(72-6-71-42)18-22(51)12(24(53)32(61)29(18)58)15-26(55)33(62)27(56)16-17-28(57)36(65)39(68)41(70)47(17)75-46(15)16/h3-6H,1-2H3. The number of aromatic nitrogens is 3. The van der Waals surface area contributed by atoms with Crippen molar-refractivity contribution in [1.82, 2.24) is 14.5 Å². The minimum Gasteiger partial charge on any atom is -0.456 e. The molecular formula is C49H10B21N3O2. The summed E-state index contributed by atoms with van der Waals surface area (Å²) in [4.78, 5) is 9.34. The minimum atomic E-state index is -0.921. The SMILES string of the molecule is [B]c1c([B])c(-c2ncnc3c2oc2ccc(-n4c5c([B])c([B])c([B])c([B])c5c5c([B])c6c(c([B])c54)C(C)(C)c4c([B])c([B])c([B])c([B])c4-6)cc23)c([B])c(-c2c([B])c([B])c([B])c3c2oc2c([B])c([B])c([B])c([B])c23)c1[B]. The van der Waals surface area contributed by atoms with Gasteiger partial charge in [-0.05, 0) is 57.0 Å². The highest BCUT2D eigenvalue weighted by molar-refractivity contribution is 6.72. The highest BCUT2D eigenvalue weighted by Gasteiger charge is 2.42. The van der Waals surface area contributed by atoms with Crippen molar-refractivity contribution in [3.05, 3.63) is 35.7 Å². The lowest BCUT2D eigenvalue weighted by molar-refractivity contribution is 0.667. The molecule has 0 spiro atoms. The molecule has 0 amide bonds. The molecule has 42 radical (unpaired) electrons. The van der Waals surface area contributed by atoms with Gasteiger partial charge in [0.15, 0.2) is 5.58 Å². The van der Waals surface area contributed by atoms with Gasteiger partial charge >= 0.3 is 0 Å². The van der Waals surface area contributed by atoms with Crippen LogP contribution in [-0.4, -0.2) is 179 Å². The summed E-state index contributed by atoms with van der Waals surface area (Å²) in [5, 5.41) is 1.70. The lowest BCUT2D eigenvalue weighted by atomic mass is 9.60. The summed E-state index contributed by atoms with van der Waals surface area (Å²) < 4.78 is 14.8. The Kier molecular flexibility index (Phi) is 11.0. The van der Waals surface area contributed by atoms with Crippen LogP contribution in [0.15, 0.2) is 33.4 Å². The molecule has 12 rings (SSSR count). The summed E-state index contributed by atoms with van der Waals surface area (Å²) in [7, 11) is 141. The van der Waals surface area contributed by atoms with Crippen LogP contribution >= 0.6 is 0 Å². The quantitative estimate of drug-likeness (QED) is 0.166. The smallest absolute Gasteiger partial charge is 0.180 e. The summed E-state index contributed by atoms with van der Waals surface area (Å²) in [6.45, 7) is 3.88. The third kappa shape index (κ3) is 6.15. The first-order valence-corrected chi connectivity index (χ1v) is 22.8. The summed E-state index contributed by atoms with van der Waals surface area (Å²) in [6.07, 6.45) is 1.30. The molecule has 11 aromatic rings. The van der Waals surface area contributed by atoms with E-state index in [9.17, 15) is 0 Å². The lowest BCUT2D eigenvalue weighted by Gasteiger charge is -2.28.